The molecule has 0 unspecified atom stereocenters. The Morgan fingerprint density at radius 2 is 1.58 bits per heavy atom. The molecular weight excluding hydrogens is 240 g/mol. The van der Waals surface area contributed by atoms with E-state index in [4.69, 9.17) is 9.47 Å². The van der Waals surface area contributed by atoms with Crippen LogP contribution in [0.3, 0.4) is 0 Å². The highest BCUT2D eigenvalue weighted by molar-refractivity contribution is 5.92. The first kappa shape index (κ1) is 13.7. The highest BCUT2D eigenvalue weighted by Gasteiger charge is 2.13. The van der Waals surface area contributed by atoms with Gasteiger partial charge in [0.25, 0.3) is 0 Å². The third-order valence-corrected chi connectivity index (χ3v) is 3.04. The van der Waals surface area contributed by atoms with Gasteiger partial charge < -0.3 is 9.47 Å². The number of allylic oxidation sites excluding steroid dienone is 2. The smallest absolute Gasteiger partial charge is 0.341 e. The number of benzene rings is 1. The molecule has 102 valence electrons. The van der Waals surface area contributed by atoms with Crippen molar-refractivity contribution in [2.24, 2.45) is 0 Å². The number of carbonyl (C=O) groups excluding carboxylic acids is 1. The third-order valence-electron chi connectivity index (χ3n) is 3.04. The van der Waals surface area contributed by atoms with Gasteiger partial charge in [-0.2, -0.15) is 0 Å². The van der Waals surface area contributed by atoms with E-state index in [1.54, 1.807) is 6.07 Å². The number of hydrogen-bond acceptors (Lipinski definition) is 3. The molecule has 1 heterocycles. The molecule has 0 aromatic heterocycles. The van der Waals surface area contributed by atoms with Crippen molar-refractivity contribution >= 4 is 5.97 Å². The minimum atomic E-state index is -0.289. The number of fused-ring (bicyclic) bond motifs is 1. The Balaban J connectivity index is 2.06. The molecule has 3 nitrogen and oxygen atoms in total. The lowest BCUT2D eigenvalue weighted by molar-refractivity contribution is 0.0494. The largest absolute Gasteiger partial charge is 0.493 e. The molecule has 1 aromatic carbocycles. The van der Waals surface area contributed by atoms with Crippen molar-refractivity contribution in [3.05, 3.63) is 42.0 Å². The van der Waals surface area contributed by atoms with E-state index < -0.39 is 0 Å². The Morgan fingerprint density at radius 1 is 0.842 bits per heavy atom. The van der Waals surface area contributed by atoms with Crippen molar-refractivity contribution in [2.45, 2.75) is 32.1 Å². The van der Waals surface area contributed by atoms with Gasteiger partial charge in [-0.3, -0.25) is 0 Å². The third kappa shape index (κ3) is 4.43. The van der Waals surface area contributed by atoms with Crippen molar-refractivity contribution in [3.63, 3.8) is 0 Å². The molecule has 0 fully saturated rings. The summed E-state index contributed by atoms with van der Waals surface area (Å²) >= 11 is 0. The molecule has 0 spiro atoms. The molecule has 3 heteroatoms. The summed E-state index contributed by atoms with van der Waals surface area (Å²) in [6.45, 7) is 1.09. The van der Waals surface area contributed by atoms with Crippen molar-refractivity contribution in [1.82, 2.24) is 0 Å². The highest BCUT2D eigenvalue weighted by atomic mass is 16.5. The molecule has 1 aromatic rings. The van der Waals surface area contributed by atoms with Crippen LogP contribution in [-0.2, 0) is 4.74 Å². The second-order valence-electron chi connectivity index (χ2n) is 4.59. The summed E-state index contributed by atoms with van der Waals surface area (Å²) < 4.78 is 10.9. The number of esters is 1. The molecule has 0 amide bonds. The zero-order valence-corrected chi connectivity index (χ0v) is 11.1. The monoisotopic (exact) mass is 260 g/mol. The predicted molar refractivity (Wildman–Crippen MR) is 74.4 cm³/mol. The van der Waals surface area contributed by atoms with E-state index in [-0.39, 0.29) is 5.97 Å². The number of ether oxygens (including phenoxy) is 2. The number of hydrogen-bond donors (Lipinski definition) is 0. The molecule has 0 aliphatic carbocycles. The Bertz CT molecular complexity index is 437. The first-order valence-electron chi connectivity index (χ1n) is 6.92. The number of para-hydroxylation sites is 1. The Hall–Kier alpha value is -1.77. The van der Waals surface area contributed by atoms with E-state index in [0.29, 0.717) is 24.5 Å². The van der Waals surface area contributed by atoms with Gasteiger partial charge in [-0.1, -0.05) is 24.3 Å². The number of carbonyl (C=O) groups is 1. The lowest BCUT2D eigenvalue weighted by Crippen LogP contribution is -2.09. The SMILES string of the molecule is O=C1OCCCC/C=C\CCCOc2ccccc21. The summed E-state index contributed by atoms with van der Waals surface area (Å²) in [7, 11) is 0. The molecule has 0 saturated carbocycles. The minimum absolute atomic E-state index is 0.289. The van der Waals surface area contributed by atoms with Crippen LogP contribution in [0, 0.1) is 0 Å². The summed E-state index contributed by atoms with van der Waals surface area (Å²) in [5.41, 5.74) is 0.523. The first-order valence-corrected chi connectivity index (χ1v) is 6.92. The lowest BCUT2D eigenvalue weighted by Gasteiger charge is -2.11. The topological polar surface area (TPSA) is 35.5 Å². The van der Waals surface area contributed by atoms with Crippen molar-refractivity contribution in [1.29, 1.82) is 0 Å². The molecule has 0 N–H and O–H groups in total. The normalized spacial score (nSPS) is 19.5. The summed E-state index contributed by atoms with van der Waals surface area (Å²) in [5, 5.41) is 0. The van der Waals surface area contributed by atoms with E-state index in [0.717, 1.165) is 32.1 Å². The maximum Gasteiger partial charge on any atom is 0.341 e. The van der Waals surface area contributed by atoms with Crippen LogP contribution in [0.25, 0.3) is 0 Å². The lowest BCUT2D eigenvalue weighted by atomic mass is 10.2. The quantitative estimate of drug-likeness (QED) is 0.526. The van der Waals surface area contributed by atoms with Crippen LogP contribution in [0.1, 0.15) is 42.5 Å². The highest BCUT2D eigenvalue weighted by Crippen LogP contribution is 2.19. The second kappa shape index (κ2) is 7.62. The van der Waals surface area contributed by atoms with Crippen molar-refractivity contribution in [3.8, 4) is 5.75 Å². The molecular formula is C16H20O3. The molecule has 2 rings (SSSR count). The van der Waals surface area contributed by atoms with Crippen LogP contribution in [0.4, 0.5) is 0 Å². The summed E-state index contributed by atoms with van der Waals surface area (Å²) in [4.78, 5) is 12.0. The van der Waals surface area contributed by atoms with Crippen LogP contribution in [-0.4, -0.2) is 19.2 Å². The van der Waals surface area contributed by atoms with Gasteiger partial charge in [-0.25, -0.2) is 4.79 Å². The van der Waals surface area contributed by atoms with E-state index in [9.17, 15) is 4.79 Å². The molecule has 1 aliphatic heterocycles. The fraction of sp³-hybridized carbons (Fsp3) is 0.438. The van der Waals surface area contributed by atoms with Crippen molar-refractivity contribution in [2.75, 3.05) is 13.2 Å². The predicted octanol–water partition coefficient (Wildman–Crippen LogP) is 3.74. The Labute approximate surface area is 114 Å². The van der Waals surface area contributed by atoms with Crippen LogP contribution in [0.2, 0.25) is 0 Å². The average molecular weight is 260 g/mol. The summed E-state index contributed by atoms with van der Waals surface area (Å²) in [6.07, 6.45) is 9.39. The van der Waals surface area contributed by atoms with E-state index >= 15 is 0 Å². The van der Waals surface area contributed by atoms with Gasteiger partial charge in [0.1, 0.15) is 11.3 Å². The molecule has 0 saturated heterocycles. The maximum atomic E-state index is 12.0. The van der Waals surface area contributed by atoms with E-state index in [2.05, 4.69) is 12.2 Å². The fourth-order valence-electron chi connectivity index (χ4n) is 1.99. The summed E-state index contributed by atoms with van der Waals surface area (Å²) in [5.74, 6) is 0.330. The second-order valence-corrected chi connectivity index (χ2v) is 4.59. The van der Waals surface area contributed by atoms with Gasteiger partial charge in [0.05, 0.1) is 13.2 Å². The summed E-state index contributed by atoms with van der Waals surface area (Å²) in [6, 6.07) is 7.27. The van der Waals surface area contributed by atoms with Crippen LogP contribution in [0.5, 0.6) is 5.75 Å². The zero-order chi connectivity index (χ0) is 13.3. The standard InChI is InChI=1S/C16H20O3/c17-16-14-10-6-7-11-15(14)18-12-8-4-2-1-3-5-9-13-19-16/h1-2,6-7,10-11H,3-5,8-9,12-13H2/b2-1-. The average Bonchev–Trinajstić information content (AvgIpc) is 2.44. The first-order chi connectivity index (χ1) is 9.38. The van der Waals surface area contributed by atoms with E-state index in [1.165, 1.54) is 0 Å². The van der Waals surface area contributed by atoms with Gasteiger partial charge in [-0.15, -0.1) is 0 Å². The maximum absolute atomic E-state index is 12.0. The number of cyclic esters (lactones) is 1. The van der Waals surface area contributed by atoms with Gasteiger partial charge in [0.2, 0.25) is 0 Å². The van der Waals surface area contributed by atoms with Gasteiger partial charge in [0, 0.05) is 0 Å². The number of rotatable bonds is 0. The molecule has 1 aliphatic rings. The van der Waals surface area contributed by atoms with Crippen LogP contribution < -0.4 is 4.74 Å². The van der Waals surface area contributed by atoms with Gasteiger partial charge >= 0.3 is 5.97 Å². The molecule has 19 heavy (non-hydrogen) atoms. The van der Waals surface area contributed by atoms with Gasteiger partial charge in [0.15, 0.2) is 0 Å². The fourth-order valence-corrected chi connectivity index (χ4v) is 1.99. The van der Waals surface area contributed by atoms with E-state index in [1.807, 2.05) is 18.2 Å². The molecule has 0 atom stereocenters. The molecule has 0 bridgehead atoms. The van der Waals surface area contributed by atoms with Gasteiger partial charge in [-0.05, 0) is 44.2 Å². The Kier molecular flexibility index (Phi) is 5.48. The zero-order valence-electron chi connectivity index (χ0n) is 11.1. The Morgan fingerprint density at radius 3 is 2.47 bits per heavy atom. The molecule has 0 radical (unpaired) electrons. The van der Waals surface area contributed by atoms with Crippen molar-refractivity contribution < 1.29 is 14.3 Å². The van der Waals surface area contributed by atoms with Crippen LogP contribution in [0.15, 0.2) is 36.4 Å². The minimum Gasteiger partial charge on any atom is -0.493 e. The van der Waals surface area contributed by atoms with Crippen LogP contribution >= 0.6 is 0 Å².